The molecule has 0 fully saturated rings. The van der Waals surface area contributed by atoms with E-state index in [-0.39, 0.29) is 11.7 Å². The molecular weight excluding hydrogens is 216 g/mol. The number of carbonyl (C=O) groups excluding carboxylic acids is 1. The first-order valence-corrected chi connectivity index (χ1v) is 5.15. The Bertz CT molecular complexity index is 350. The van der Waals surface area contributed by atoms with Crippen LogP contribution in [0.3, 0.4) is 0 Å². The predicted octanol–water partition coefficient (Wildman–Crippen LogP) is 0.142. The summed E-state index contributed by atoms with van der Waals surface area (Å²) < 4.78 is 0. The van der Waals surface area contributed by atoms with Crippen LogP contribution in [0.5, 0.6) is 0 Å². The lowest BCUT2D eigenvalue weighted by atomic mass is 10.1. The molecule has 0 aromatic carbocycles. The Kier molecular flexibility index (Phi) is 4.04. The van der Waals surface area contributed by atoms with Crippen LogP contribution in [-0.4, -0.2) is 21.9 Å². The summed E-state index contributed by atoms with van der Waals surface area (Å²) in [4.78, 5) is 16.3. The van der Waals surface area contributed by atoms with Gasteiger partial charge in [0.15, 0.2) is 5.84 Å². The maximum Gasteiger partial charge on any atom is 0.230 e. The number of carbonyl (C=O) groups is 1. The highest BCUT2D eigenvalue weighted by Crippen LogP contribution is 2.05. The van der Waals surface area contributed by atoms with Crippen LogP contribution < -0.4 is 11.1 Å². The third-order valence-electron chi connectivity index (χ3n) is 1.87. The minimum absolute atomic E-state index is 0.100. The van der Waals surface area contributed by atoms with E-state index in [9.17, 15) is 4.79 Å². The van der Waals surface area contributed by atoms with Crippen LogP contribution in [0.2, 0.25) is 0 Å². The van der Waals surface area contributed by atoms with Gasteiger partial charge in [-0.15, -0.1) is 11.3 Å². The molecule has 15 heavy (non-hydrogen) atoms. The van der Waals surface area contributed by atoms with Crippen LogP contribution in [0, 0.1) is 5.92 Å². The Hall–Kier alpha value is -1.63. The summed E-state index contributed by atoms with van der Waals surface area (Å²) in [6, 6.07) is 0. The Labute approximate surface area is 90.8 Å². The molecule has 1 amide bonds. The first-order chi connectivity index (χ1) is 7.15. The van der Waals surface area contributed by atoms with E-state index in [1.807, 2.05) is 0 Å². The van der Waals surface area contributed by atoms with Gasteiger partial charge in [-0.3, -0.25) is 9.78 Å². The summed E-state index contributed by atoms with van der Waals surface area (Å²) >= 11 is 1.45. The fraction of sp³-hybridized carbons (Fsp3) is 0.375. The SMILES string of the molecule is CC(C(=O)NCc1cncs1)C(N)=NO. The molecule has 1 unspecified atom stereocenters. The lowest BCUT2D eigenvalue weighted by Gasteiger charge is -2.09. The number of nitrogens with one attached hydrogen (secondary N) is 1. The summed E-state index contributed by atoms with van der Waals surface area (Å²) in [7, 11) is 0. The molecule has 0 saturated carbocycles. The van der Waals surface area contributed by atoms with Crippen molar-refractivity contribution in [2.24, 2.45) is 16.8 Å². The van der Waals surface area contributed by atoms with Gasteiger partial charge in [0.05, 0.1) is 18.0 Å². The van der Waals surface area contributed by atoms with Crippen molar-refractivity contribution < 1.29 is 10.0 Å². The molecule has 1 heterocycles. The fourth-order valence-electron chi connectivity index (χ4n) is 0.878. The second kappa shape index (κ2) is 5.30. The number of hydrogen-bond donors (Lipinski definition) is 3. The maximum absolute atomic E-state index is 11.4. The molecule has 4 N–H and O–H groups in total. The summed E-state index contributed by atoms with van der Waals surface area (Å²) in [5, 5.41) is 13.8. The smallest absolute Gasteiger partial charge is 0.230 e. The van der Waals surface area contributed by atoms with Gasteiger partial charge in [-0.2, -0.15) is 0 Å². The number of oxime groups is 1. The van der Waals surface area contributed by atoms with Crippen LogP contribution in [0.25, 0.3) is 0 Å². The molecule has 0 aliphatic carbocycles. The average molecular weight is 228 g/mol. The van der Waals surface area contributed by atoms with Gasteiger partial charge >= 0.3 is 0 Å². The lowest BCUT2D eigenvalue weighted by molar-refractivity contribution is -0.122. The number of rotatable bonds is 4. The Balaban J connectivity index is 2.43. The van der Waals surface area contributed by atoms with Crippen molar-refractivity contribution in [2.75, 3.05) is 0 Å². The zero-order valence-electron chi connectivity index (χ0n) is 8.17. The molecule has 0 aliphatic rings. The number of amidine groups is 1. The highest BCUT2D eigenvalue weighted by Gasteiger charge is 2.16. The molecule has 0 spiro atoms. The number of aromatic nitrogens is 1. The molecule has 0 saturated heterocycles. The second-order valence-corrected chi connectivity index (χ2v) is 3.90. The topological polar surface area (TPSA) is 101 Å². The molecular formula is C8H12N4O2S. The predicted molar refractivity (Wildman–Crippen MR) is 56.5 cm³/mol. The van der Waals surface area contributed by atoms with Gasteiger partial charge in [0, 0.05) is 11.1 Å². The second-order valence-electron chi connectivity index (χ2n) is 2.93. The molecule has 1 rings (SSSR count). The Morgan fingerprint density at radius 1 is 1.87 bits per heavy atom. The highest BCUT2D eigenvalue weighted by atomic mass is 32.1. The Morgan fingerprint density at radius 2 is 2.60 bits per heavy atom. The van der Waals surface area contributed by atoms with Gasteiger partial charge in [-0.05, 0) is 6.92 Å². The van der Waals surface area contributed by atoms with Gasteiger partial charge in [0.2, 0.25) is 5.91 Å². The van der Waals surface area contributed by atoms with Crippen LogP contribution in [0.4, 0.5) is 0 Å². The Morgan fingerprint density at radius 3 is 3.13 bits per heavy atom. The minimum atomic E-state index is -0.636. The molecule has 1 aromatic rings. The summed E-state index contributed by atoms with van der Waals surface area (Å²) in [5.74, 6) is -1.02. The zero-order valence-corrected chi connectivity index (χ0v) is 8.99. The molecule has 0 aliphatic heterocycles. The van der Waals surface area contributed by atoms with Crippen molar-refractivity contribution >= 4 is 23.1 Å². The maximum atomic E-state index is 11.4. The number of thiazole rings is 1. The summed E-state index contributed by atoms with van der Waals surface area (Å²) in [6.07, 6.45) is 1.68. The number of hydrogen-bond acceptors (Lipinski definition) is 5. The zero-order chi connectivity index (χ0) is 11.3. The van der Waals surface area contributed by atoms with E-state index in [1.165, 1.54) is 11.3 Å². The normalized spacial score (nSPS) is 13.5. The van der Waals surface area contributed by atoms with E-state index in [4.69, 9.17) is 10.9 Å². The standard InChI is InChI=1S/C8H12N4O2S/c1-5(7(9)12-14)8(13)11-3-6-2-10-4-15-6/h2,4-5,14H,3H2,1H3,(H2,9,12)(H,11,13). The number of amides is 1. The van der Waals surface area contributed by atoms with Gasteiger partial charge in [-0.1, -0.05) is 5.16 Å². The van der Waals surface area contributed by atoms with Crippen molar-refractivity contribution in [1.82, 2.24) is 10.3 Å². The van der Waals surface area contributed by atoms with Gasteiger partial charge < -0.3 is 16.3 Å². The molecule has 0 bridgehead atoms. The largest absolute Gasteiger partial charge is 0.409 e. The van der Waals surface area contributed by atoms with Crippen molar-refractivity contribution in [3.63, 3.8) is 0 Å². The monoisotopic (exact) mass is 228 g/mol. The first-order valence-electron chi connectivity index (χ1n) is 4.27. The van der Waals surface area contributed by atoms with Gasteiger partial charge in [-0.25, -0.2) is 0 Å². The summed E-state index contributed by atoms with van der Waals surface area (Å²) in [6.45, 7) is 1.98. The van der Waals surface area contributed by atoms with Crippen LogP contribution in [0.15, 0.2) is 16.9 Å². The van der Waals surface area contributed by atoms with E-state index >= 15 is 0 Å². The highest BCUT2D eigenvalue weighted by molar-refractivity contribution is 7.09. The van der Waals surface area contributed by atoms with E-state index in [1.54, 1.807) is 18.6 Å². The number of nitrogens with zero attached hydrogens (tertiary/aromatic N) is 2. The molecule has 1 aromatic heterocycles. The van der Waals surface area contributed by atoms with Crippen LogP contribution in [0.1, 0.15) is 11.8 Å². The quantitative estimate of drug-likeness (QED) is 0.295. The van der Waals surface area contributed by atoms with Crippen molar-refractivity contribution in [1.29, 1.82) is 0 Å². The van der Waals surface area contributed by atoms with Crippen molar-refractivity contribution in [2.45, 2.75) is 13.5 Å². The van der Waals surface area contributed by atoms with Crippen LogP contribution >= 0.6 is 11.3 Å². The van der Waals surface area contributed by atoms with Crippen LogP contribution in [-0.2, 0) is 11.3 Å². The fourth-order valence-corrected chi connectivity index (χ4v) is 1.41. The third kappa shape index (κ3) is 3.21. The minimum Gasteiger partial charge on any atom is -0.409 e. The van der Waals surface area contributed by atoms with Crippen molar-refractivity contribution in [3.8, 4) is 0 Å². The van der Waals surface area contributed by atoms with Crippen molar-refractivity contribution in [3.05, 3.63) is 16.6 Å². The molecule has 1 atom stereocenters. The van der Waals surface area contributed by atoms with E-state index < -0.39 is 5.92 Å². The molecule has 0 radical (unpaired) electrons. The summed E-state index contributed by atoms with van der Waals surface area (Å²) in [5.41, 5.74) is 6.98. The first kappa shape index (κ1) is 11.4. The molecule has 6 nitrogen and oxygen atoms in total. The third-order valence-corrected chi connectivity index (χ3v) is 2.65. The number of nitrogens with two attached hydrogens (primary N) is 1. The van der Waals surface area contributed by atoms with E-state index in [0.29, 0.717) is 6.54 Å². The lowest BCUT2D eigenvalue weighted by Crippen LogP contribution is -2.36. The van der Waals surface area contributed by atoms with E-state index in [0.717, 1.165) is 4.88 Å². The van der Waals surface area contributed by atoms with E-state index in [2.05, 4.69) is 15.5 Å². The van der Waals surface area contributed by atoms with Gasteiger partial charge in [0.25, 0.3) is 0 Å². The molecule has 82 valence electrons. The average Bonchev–Trinajstić information content (AvgIpc) is 2.76. The van der Waals surface area contributed by atoms with Gasteiger partial charge in [0.1, 0.15) is 0 Å². The molecule has 7 heteroatoms.